The van der Waals surface area contributed by atoms with E-state index in [1.165, 1.54) is 13.1 Å². The van der Waals surface area contributed by atoms with E-state index in [1.807, 2.05) is 0 Å². The monoisotopic (exact) mass is 232 g/mol. The second-order valence-electron chi connectivity index (χ2n) is 4.10. The molecule has 6 heteroatoms. The highest BCUT2D eigenvalue weighted by Crippen LogP contribution is 2.42. The second kappa shape index (κ2) is 3.41. The van der Waals surface area contributed by atoms with E-state index in [-0.39, 0.29) is 6.61 Å². The van der Waals surface area contributed by atoms with Crippen LogP contribution in [0.2, 0.25) is 0 Å². The van der Waals surface area contributed by atoms with Crippen LogP contribution in [0.25, 0.3) is 0 Å². The van der Waals surface area contributed by atoms with Gasteiger partial charge in [-0.2, -0.15) is 13.2 Å². The molecule has 3 nitrogen and oxygen atoms in total. The van der Waals surface area contributed by atoms with Gasteiger partial charge in [0.05, 0.1) is 18.7 Å². The van der Waals surface area contributed by atoms with Crippen LogP contribution in [0.3, 0.4) is 0 Å². The molecular weight excluding hydrogens is 221 g/mol. The molecule has 0 aromatic carbocycles. The zero-order valence-corrected chi connectivity index (χ0v) is 8.93. The van der Waals surface area contributed by atoms with Crippen molar-refractivity contribution >= 4 is 0 Å². The summed E-state index contributed by atoms with van der Waals surface area (Å²) in [5.41, 5.74) is -0.379. The first kappa shape index (κ1) is 11.3. The molecule has 0 saturated carbocycles. The standard InChI is InChI=1S/C10H11F3N2O/c1-6-14-3-7-4-16-9(2,8(7)15-6)5-10(11,12)13/h3H,4-5H2,1-2H3. The normalized spacial score (nSPS) is 24.6. The Bertz CT molecular complexity index is 419. The molecular formula is C10H11F3N2O. The Balaban J connectivity index is 2.38. The van der Waals surface area contributed by atoms with Crippen LogP contribution in [-0.2, 0) is 16.9 Å². The van der Waals surface area contributed by atoms with Crippen molar-refractivity contribution in [1.82, 2.24) is 9.97 Å². The number of aryl methyl sites for hydroxylation is 1. The van der Waals surface area contributed by atoms with Gasteiger partial charge in [-0.05, 0) is 13.8 Å². The van der Waals surface area contributed by atoms with Crippen LogP contribution in [0.1, 0.15) is 30.4 Å². The van der Waals surface area contributed by atoms with Crippen LogP contribution in [0.5, 0.6) is 0 Å². The lowest BCUT2D eigenvalue weighted by atomic mass is 9.96. The molecule has 1 atom stereocenters. The number of nitrogens with zero attached hydrogens (tertiary/aromatic N) is 2. The summed E-state index contributed by atoms with van der Waals surface area (Å²) in [6, 6.07) is 0. The van der Waals surface area contributed by atoms with Crippen LogP contribution in [0, 0.1) is 6.92 Å². The molecule has 0 radical (unpaired) electrons. The van der Waals surface area contributed by atoms with Gasteiger partial charge in [0.25, 0.3) is 0 Å². The lowest BCUT2D eigenvalue weighted by Crippen LogP contribution is -2.29. The van der Waals surface area contributed by atoms with Crippen LogP contribution < -0.4 is 0 Å². The highest BCUT2D eigenvalue weighted by Gasteiger charge is 2.46. The summed E-state index contributed by atoms with van der Waals surface area (Å²) >= 11 is 0. The molecule has 1 unspecified atom stereocenters. The van der Waals surface area contributed by atoms with Gasteiger partial charge in [0.2, 0.25) is 0 Å². The molecule has 0 bridgehead atoms. The molecule has 1 aromatic heterocycles. The number of halogens is 3. The van der Waals surface area contributed by atoms with E-state index in [2.05, 4.69) is 9.97 Å². The van der Waals surface area contributed by atoms with Crippen LogP contribution >= 0.6 is 0 Å². The van der Waals surface area contributed by atoms with E-state index in [0.29, 0.717) is 17.1 Å². The van der Waals surface area contributed by atoms with Gasteiger partial charge in [-0.15, -0.1) is 0 Å². The van der Waals surface area contributed by atoms with Crippen molar-refractivity contribution < 1.29 is 17.9 Å². The molecule has 1 aromatic rings. The van der Waals surface area contributed by atoms with Gasteiger partial charge in [0, 0.05) is 11.8 Å². The molecule has 1 aliphatic rings. The molecule has 16 heavy (non-hydrogen) atoms. The fraction of sp³-hybridized carbons (Fsp3) is 0.600. The topological polar surface area (TPSA) is 35.0 Å². The SMILES string of the molecule is Cc1ncc2c(n1)C(C)(CC(F)(F)F)OC2. The third-order valence-electron chi connectivity index (χ3n) is 2.57. The lowest BCUT2D eigenvalue weighted by Gasteiger charge is -2.24. The summed E-state index contributed by atoms with van der Waals surface area (Å²) in [5.74, 6) is 0.456. The van der Waals surface area contributed by atoms with Gasteiger partial charge in [0.15, 0.2) is 0 Å². The predicted molar refractivity (Wildman–Crippen MR) is 49.6 cm³/mol. The van der Waals surface area contributed by atoms with E-state index in [4.69, 9.17) is 4.74 Å². The fourth-order valence-electron chi connectivity index (χ4n) is 1.88. The average molecular weight is 232 g/mol. The van der Waals surface area contributed by atoms with E-state index in [0.717, 1.165) is 0 Å². The van der Waals surface area contributed by atoms with E-state index in [1.54, 1.807) is 6.92 Å². The Labute approximate surface area is 90.7 Å². The van der Waals surface area contributed by atoms with E-state index < -0.39 is 18.2 Å². The molecule has 0 fully saturated rings. The van der Waals surface area contributed by atoms with Crippen LogP contribution in [0.4, 0.5) is 13.2 Å². The maximum absolute atomic E-state index is 12.4. The zero-order valence-electron chi connectivity index (χ0n) is 8.93. The Morgan fingerprint density at radius 2 is 2.19 bits per heavy atom. The molecule has 88 valence electrons. The summed E-state index contributed by atoms with van der Waals surface area (Å²) in [5, 5.41) is 0. The van der Waals surface area contributed by atoms with Crippen molar-refractivity contribution in [2.24, 2.45) is 0 Å². The number of rotatable bonds is 1. The minimum atomic E-state index is -4.27. The second-order valence-corrected chi connectivity index (χ2v) is 4.10. The third-order valence-corrected chi connectivity index (χ3v) is 2.57. The number of hydrogen-bond acceptors (Lipinski definition) is 3. The lowest BCUT2D eigenvalue weighted by molar-refractivity contribution is -0.185. The van der Waals surface area contributed by atoms with Crippen molar-refractivity contribution in [3.8, 4) is 0 Å². The Kier molecular flexibility index (Phi) is 2.41. The van der Waals surface area contributed by atoms with Gasteiger partial charge >= 0.3 is 6.18 Å². The van der Waals surface area contributed by atoms with Crippen molar-refractivity contribution in [3.05, 3.63) is 23.3 Å². The molecule has 2 heterocycles. The van der Waals surface area contributed by atoms with Gasteiger partial charge in [-0.1, -0.05) is 0 Å². The smallest absolute Gasteiger partial charge is 0.364 e. The van der Waals surface area contributed by atoms with Crippen molar-refractivity contribution in [2.75, 3.05) is 0 Å². The van der Waals surface area contributed by atoms with Crippen molar-refractivity contribution in [1.29, 1.82) is 0 Å². The first-order valence-electron chi connectivity index (χ1n) is 4.84. The van der Waals surface area contributed by atoms with Gasteiger partial charge in [-0.3, -0.25) is 0 Å². The molecule has 0 N–H and O–H groups in total. The summed E-state index contributed by atoms with van der Waals surface area (Å²) in [7, 11) is 0. The highest BCUT2D eigenvalue weighted by molar-refractivity contribution is 5.27. The zero-order chi connectivity index (χ0) is 12.0. The van der Waals surface area contributed by atoms with Crippen LogP contribution in [0.15, 0.2) is 6.20 Å². The minimum Gasteiger partial charge on any atom is -0.364 e. The fourth-order valence-corrected chi connectivity index (χ4v) is 1.88. The maximum atomic E-state index is 12.4. The van der Waals surface area contributed by atoms with E-state index in [9.17, 15) is 13.2 Å². The Morgan fingerprint density at radius 3 is 2.81 bits per heavy atom. The Hall–Kier alpha value is -1.17. The number of ether oxygens (including phenoxy) is 1. The maximum Gasteiger partial charge on any atom is 0.392 e. The quantitative estimate of drug-likeness (QED) is 0.746. The van der Waals surface area contributed by atoms with E-state index >= 15 is 0 Å². The average Bonchev–Trinajstić information content (AvgIpc) is 2.41. The number of hydrogen-bond donors (Lipinski definition) is 0. The van der Waals surface area contributed by atoms with Gasteiger partial charge in [0.1, 0.15) is 11.4 Å². The predicted octanol–water partition coefficient (Wildman–Crippen LogP) is 2.48. The molecule has 2 rings (SSSR count). The summed E-state index contributed by atoms with van der Waals surface area (Å²) < 4.78 is 42.5. The third kappa shape index (κ3) is 2.02. The minimum absolute atomic E-state index is 0.141. The first-order chi connectivity index (χ1) is 7.30. The Morgan fingerprint density at radius 1 is 1.50 bits per heavy atom. The summed E-state index contributed by atoms with van der Waals surface area (Å²) in [4.78, 5) is 8.00. The molecule has 0 saturated heterocycles. The first-order valence-corrected chi connectivity index (χ1v) is 4.84. The van der Waals surface area contributed by atoms with Gasteiger partial charge < -0.3 is 4.74 Å². The highest BCUT2D eigenvalue weighted by atomic mass is 19.4. The molecule has 0 amide bonds. The van der Waals surface area contributed by atoms with Gasteiger partial charge in [-0.25, -0.2) is 9.97 Å². The molecule has 0 spiro atoms. The largest absolute Gasteiger partial charge is 0.392 e. The number of alkyl halides is 3. The van der Waals surface area contributed by atoms with Crippen LogP contribution in [-0.4, -0.2) is 16.1 Å². The summed E-state index contributed by atoms with van der Waals surface area (Å²) in [6.07, 6.45) is -3.77. The number of aromatic nitrogens is 2. The summed E-state index contributed by atoms with van der Waals surface area (Å²) in [6.45, 7) is 3.20. The number of fused-ring (bicyclic) bond motifs is 1. The molecule has 1 aliphatic heterocycles. The van der Waals surface area contributed by atoms with Crippen molar-refractivity contribution in [3.63, 3.8) is 0 Å². The molecule has 0 aliphatic carbocycles. The van der Waals surface area contributed by atoms with Crippen molar-refractivity contribution in [2.45, 2.75) is 38.7 Å².